The molecule has 0 heterocycles. The van der Waals surface area contributed by atoms with Crippen LogP contribution in [-0.2, 0) is 4.79 Å². The molecular formula is C17H17BrN2O2S. The Hall–Kier alpha value is -1.79. The summed E-state index contributed by atoms with van der Waals surface area (Å²) in [7, 11) is 0. The molecule has 0 fully saturated rings. The highest BCUT2D eigenvalue weighted by Crippen LogP contribution is 2.19. The van der Waals surface area contributed by atoms with Gasteiger partial charge in [-0.05, 0) is 48.7 Å². The lowest BCUT2D eigenvalue weighted by atomic mass is 10.2. The molecule has 0 bridgehead atoms. The molecule has 2 amide bonds. The summed E-state index contributed by atoms with van der Waals surface area (Å²) in [4.78, 5) is 24.9. The Labute approximate surface area is 148 Å². The molecule has 0 aromatic heterocycles. The smallest absolute Gasteiger partial charge is 0.251 e. The standard InChI is InChI=1S/C17H17BrN2O2S/c1-23-15-4-2-3-14(11-15)20-16(21)9-10-19-17(22)12-5-7-13(18)8-6-12/h2-8,11H,9-10H2,1H3,(H,19,22)(H,20,21). The largest absolute Gasteiger partial charge is 0.352 e. The second kappa shape index (κ2) is 8.74. The zero-order chi connectivity index (χ0) is 16.7. The van der Waals surface area contributed by atoms with Crippen LogP contribution < -0.4 is 10.6 Å². The number of amides is 2. The van der Waals surface area contributed by atoms with E-state index in [0.717, 1.165) is 15.1 Å². The van der Waals surface area contributed by atoms with Crippen LogP contribution in [0.5, 0.6) is 0 Å². The van der Waals surface area contributed by atoms with Crippen LogP contribution in [0.3, 0.4) is 0 Å². The quantitative estimate of drug-likeness (QED) is 0.732. The molecule has 0 aliphatic carbocycles. The number of hydrogen-bond acceptors (Lipinski definition) is 3. The fourth-order valence-electron chi connectivity index (χ4n) is 1.92. The predicted molar refractivity (Wildman–Crippen MR) is 97.9 cm³/mol. The Morgan fingerprint density at radius 1 is 1.13 bits per heavy atom. The van der Waals surface area contributed by atoms with E-state index in [0.29, 0.717) is 12.1 Å². The molecule has 2 aromatic carbocycles. The van der Waals surface area contributed by atoms with Gasteiger partial charge in [0.25, 0.3) is 5.91 Å². The van der Waals surface area contributed by atoms with E-state index < -0.39 is 0 Å². The Balaban J connectivity index is 1.78. The Morgan fingerprint density at radius 3 is 2.57 bits per heavy atom. The second-order valence-electron chi connectivity index (χ2n) is 4.79. The fraction of sp³-hybridized carbons (Fsp3) is 0.176. The van der Waals surface area contributed by atoms with Crippen molar-refractivity contribution in [1.29, 1.82) is 0 Å². The normalized spacial score (nSPS) is 10.2. The highest BCUT2D eigenvalue weighted by Gasteiger charge is 2.07. The van der Waals surface area contributed by atoms with E-state index in [-0.39, 0.29) is 18.2 Å². The van der Waals surface area contributed by atoms with Gasteiger partial charge < -0.3 is 10.6 Å². The molecule has 2 N–H and O–H groups in total. The molecule has 4 nitrogen and oxygen atoms in total. The third-order valence-electron chi connectivity index (χ3n) is 3.10. The first-order chi connectivity index (χ1) is 11.1. The predicted octanol–water partition coefficient (Wildman–Crippen LogP) is 3.93. The van der Waals surface area contributed by atoms with Crippen LogP contribution in [0.25, 0.3) is 0 Å². The lowest BCUT2D eigenvalue weighted by Gasteiger charge is -2.08. The van der Waals surface area contributed by atoms with Crippen molar-refractivity contribution in [1.82, 2.24) is 5.32 Å². The van der Waals surface area contributed by atoms with Crippen molar-refractivity contribution in [3.8, 4) is 0 Å². The number of carbonyl (C=O) groups excluding carboxylic acids is 2. The lowest BCUT2D eigenvalue weighted by Crippen LogP contribution is -2.27. The maximum absolute atomic E-state index is 11.9. The van der Waals surface area contributed by atoms with Gasteiger partial charge >= 0.3 is 0 Å². The highest BCUT2D eigenvalue weighted by atomic mass is 79.9. The molecule has 0 radical (unpaired) electrons. The Bertz CT molecular complexity index is 689. The fourth-order valence-corrected chi connectivity index (χ4v) is 2.64. The minimum Gasteiger partial charge on any atom is -0.352 e. The zero-order valence-corrected chi connectivity index (χ0v) is 15.0. The first-order valence-corrected chi connectivity index (χ1v) is 9.08. The van der Waals surface area contributed by atoms with Gasteiger partial charge in [-0.25, -0.2) is 0 Å². The van der Waals surface area contributed by atoms with Gasteiger partial charge in [-0.1, -0.05) is 22.0 Å². The zero-order valence-electron chi connectivity index (χ0n) is 12.6. The van der Waals surface area contributed by atoms with E-state index in [9.17, 15) is 9.59 Å². The molecule has 0 aliphatic heterocycles. The third-order valence-corrected chi connectivity index (χ3v) is 4.35. The van der Waals surface area contributed by atoms with Gasteiger partial charge in [-0.3, -0.25) is 9.59 Å². The van der Waals surface area contributed by atoms with Gasteiger partial charge in [0.1, 0.15) is 0 Å². The minimum absolute atomic E-state index is 0.126. The van der Waals surface area contributed by atoms with E-state index in [1.807, 2.05) is 30.5 Å². The van der Waals surface area contributed by atoms with E-state index >= 15 is 0 Å². The van der Waals surface area contributed by atoms with Crippen molar-refractivity contribution in [2.24, 2.45) is 0 Å². The first kappa shape index (κ1) is 17.6. The average Bonchev–Trinajstić information content (AvgIpc) is 2.55. The van der Waals surface area contributed by atoms with Crippen LogP contribution in [0.1, 0.15) is 16.8 Å². The summed E-state index contributed by atoms with van der Waals surface area (Å²) < 4.78 is 0.918. The number of anilines is 1. The molecular weight excluding hydrogens is 376 g/mol. The molecule has 0 aliphatic rings. The van der Waals surface area contributed by atoms with E-state index in [2.05, 4.69) is 26.6 Å². The van der Waals surface area contributed by atoms with Gasteiger partial charge in [0.15, 0.2) is 0 Å². The molecule has 6 heteroatoms. The van der Waals surface area contributed by atoms with Gasteiger partial charge in [0.05, 0.1) is 0 Å². The van der Waals surface area contributed by atoms with Crippen LogP contribution in [0.15, 0.2) is 57.9 Å². The monoisotopic (exact) mass is 392 g/mol. The van der Waals surface area contributed by atoms with Crippen molar-refractivity contribution in [2.45, 2.75) is 11.3 Å². The molecule has 120 valence electrons. The van der Waals surface area contributed by atoms with Crippen molar-refractivity contribution >= 4 is 45.2 Å². The summed E-state index contributed by atoms with van der Waals surface area (Å²) in [6.45, 7) is 0.295. The number of rotatable bonds is 6. The molecule has 0 saturated heterocycles. The average molecular weight is 393 g/mol. The molecule has 23 heavy (non-hydrogen) atoms. The number of nitrogens with one attached hydrogen (secondary N) is 2. The topological polar surface area (TPSA) is 58.2 Å². The number of hydrogen-bond donors (Lipinski definition) is 2. The first-order valence-electron chi connectivity index (χ1n) is 7.06. The summed E-state index contributed by atoms with van der Waals surface area (Å²) in [5.41, 5.74) is 1.34. The van der Waals surface area contributed by atoms with Crippen molar-refractivity contribution in [3.05, 3.63) is 58.6 Å². The number of halogens is 1. The molecule has 0 saturated carbocycles. The van der Waals surface area contributed by atoms with Crippen molar-refractivity contribution in [2.75, 3.05) is 18.1 Å². The maximum atomic E-state index is 11.9. The third kappa shape index (κ3) is 5.73. The summed E-state index contributed by atoms with van der Waals surface area (Å²) in [6.07, 6.45) is 2.21. The molecule has 0 atom stereocenters. The van der Waals surface area contributed by atoms with Crippen LogP contribution >= 0.6 is 27.7 Å². The minimum atomic E-state index is -0.185. The van der Waals surface area contributed by atoms with Gasteiger partial charge in [-0.2, -0.15) is 0 Å². The Kier molecular flexibility index (Phi) is 6.67. The van der Waals surface area contributed by atoms with Crippen LogP contribution in [0, 0.1) is 0 Å². The summed E-state index contributed by atoms with van der Waals surface area (Å²) in [6, 6.07) is 14.7. The van der Waals surface area contributed by atoms with Gasteiger partial charge in [0, 0.05) is 33.6 Å². The summed E-state index contributed by atoms with van der Waals surface area (Å²) >= 11 is 4.94. The SMILES string of the molecule is CSc1cccc(NC(=O)CCNC(=O)c2ccc(Br)cc2)c1. The number of thioether (sulfide) groups is 1. The van der Waals surface area contributed by atoms with E-state index in [1.165, 1.54) is 0 Å². The van der Waals surface area contributed by atoms with E-state index in [1.54, 1.807) is 36.0 Å². The van der Waals surface area contributed by atoms with Gasteiger partial charge in [0.2, 0.25) is 5.91 Å². The van der Waals surface area contributed by atoms with Crippen molar-refractivity contribution < 1.29 is 9.59 Å². The second-order valence-corrected chi connectivity index (χ2v) is 6.59. The van der Waals surface area contributed by atoms with Crippen LogP contribution in [0.4, 0.5) is 5.69 Å². The summed E-state index contributed by atoms with van der Waals surface area (Å²) in [5.74, 6) is -0.311. The molecule has 0 unspecified atom stereocenters. The van der Waals surface area contributed by atoms with Crippen LogP contribution in [-0.4, -0.2) is 24.6 Å². The molecule has 2 rings (SSSR count). The van der Waals surface area contributed by atoms with E-state index in [4.69, 9.17) is 0 Å². The highest BCUT2D eigenvalue weighted by molar-refractivity contribution is 9.10. The number of carbonyl (C=O) groups is 2. The lowest BCUT2D eigenvalue weighted by molar-refractivity contribution is -0.116. The Morgan fingerprint density at radius 2 is 1.87 bits per heavy atom. The van der Waals surface area contributed by atoms with Gasteiger partial charge in [-0.15, -0.1) is 11.8 Å². The maximum Gasteiger partial charge on any atom is 0.251 e. The summed E-state index contributed by atoms with van der Waals surface area (Å²) in [5, 5.41) is 5.57. The molecule has 0 spiro atoms. The van der Waals surface area contributed by atoms with Crippen LogP contribution in [0.2, 0.25) is 0 Å². The molecule has 2 aromatic rings. The van der Waals surface area contributed by atoms with Crippen molar-refractivity contribution in [3.63, 3.8) is 0 Å². The number of benzene rings is 2.